The summed E-state index contributed by atoms with van der Waals surface area (Å²) >= 11 is 0. The van der Waals surface area contributed by atoms with Crippen molar-refractivity contribution in [1.29, 1.82) is 0 Å². The SMILES string of the molecule is COc1ccc(-c2cc(F)cc(/C(C)=C3\CCCNC3=O)c2C)cn1. The number of aromatic nitrogens is 1. The van der Waals surface area contributed by atoms with Gasteiger partial charge >= 0.3 is 0 Å². The van der Waals surface area contributed by atoms with Crippen LogP contribution in [0.1, 0.15) is 30.9 Å². The number of nitrogens with one attached hydrogen (secondary N) is 1. The van der Waals surface area contributed by atoms with Crippen LogP contribution < -0.4 is 10.1 Å². The van der Waals surface area contributed by atoms with Gasteiger partial charge in [-0.25, -0.2) is 9.37 Å². The molecule has 0 radical (unpaired) electrons. The van der Waals surface area contributed by atoms with E-state index in [0.29, 0.717) is 18.8 Å². The Bertz CT molecular complexity index is 842. The minimum Gasteiger partial charge on any atom is -0.481 e. The number of pyridine rings is 1. The summed E-state index contributed by atoms with van der Waals surface area (Å²) < 4.78 is 19.4. The highest BCUT2D eigenvalue weighted by molar-refractivity contribution is 6.02. The molecule has 1 aromatic carbocycles. The van der Waals surface area contributed by atoms with Gasteiger partial charge in [0.15, 0.2) is 0 Å². The van der Waals surface area contributed by atoms with Gasteiger partial charge in [0.25, 0.3) is 0 Å². The normalized spacial score (nSPS) is 16.4. The second-order valence-electron chi connectivity index (χ2n) is 6.18. The van der Waals surface area contributed by atoms with Crippen molar-refractivity contribution in [3.05, 3.63) is 53.0 Å². The monoisotopic (exact) mass is 340 g/mol. The van der Waals surface area contributed by atoms with E-state index in [0.717, 1.165) is 39.8 Å². The molecule has 0 atom stereocenters. The summed E-state index contributed by atoms with van der Waals surface area (Å²) in [6.45, 7) is 4.53. The quantitative estimate of drug-likeness (QED) is 0.863. The van der Waals surface area contributed by atoms with Crippen LogP contribution in [0.3, 0.4) is 0 Å². The first kappa shape index (κ1) is 17.1. The van der Waals surface area contributed by atoms with Crippen molar-refractivity contribution in [2.45, 2.75) is 26.7 Å². The average molecular weight is 340 g/mol. The predicted octanol–water partition coefficient (Wildman–Crippen LogP) is 3.89. The summed E-state index contributed by atoms with van der Waals surface area (Å²) in [5.41, 5.74) is 4.83. The number of benzene rings is 1. The summed E-state index contributed by atoms with van der Waals surface area (Å²) in [6, 6.07) is 6.60. The van der Waals surface area contributed by atoms with Crippen molar-refractivity contribution >= 4 is 11.5 Å². The molecule has 4 nitrogen and oxygen atoms in total. The third-order valence-corrected chi connectivity index (χ3v) is 4.65. The van der Waals surface area contributed by atoms with E-state index in [2.05, 4.69) is 10.3 Å². The van der Waals surface area contributed by atoms with Gasteiger partial charge in [-0.15, -0.1) is 0 Å². The molecule has 1 aromatic heterocycles. The number of nitrogens with zero attached hydrogens (tertiary/aromatic N) is 1. The smallest absolute Gasteiger partial charge is 0.247 e. The molecule has 1 aliphatic rings. The number of carbonyl (C=O) groups excluding carboxylic acids is 1. The minimum absolute atomic E-state index is 0.0555. The average Bonchev–Trinajstić information content (AvgIpc) is 2.63. The maximum Gasteiger partial charge on any atom is 0.247 e. The van der Waals surface area contributed by atoms with Crippen molar-refractivity contribution in [2.75, 3.05) is 13.7 Å². The van der Waals surface area contributed by atoms with Crippen LogP contribution in [-0.4, -0.2) is 24.5 Å². The van der Waals surface area contributed by atoms with Crippen molar-refractivity contribution < 1.29 is 13.9 Å². The molecule has 2 heterocycles. The van der Waals surface area contributed by atoms with Crippen LogP contribution in [-0.2, 0) is 4.79 Å². The molecule has 0 saturated carbocycles. The van der Waals surface area contributed by atoms with E-state index in [1.165, 1.54) is 12.1 Å². The zero-order valence-electron chi connectivity index (χ0n) is 14.6. The Balaban J connectivity index is 2.11. The molecule has 5 heteroatoms. The Morgan fingerprint density at radius 3 is 2.76 bits per heavy atom. The van der Waals surface area contributed by atoms with Crippen LogP contribution in [0.15, 0.2) is 36.0 Å². The molecule has 130 valence electrons. The number of piperidine rings is 1. The van der Waals surface area contributed by atoms with Crippen LogP contribution >= 0.6 is 0 Å². The first-order valence-electron chi connectivity index (χ1n) is 8.30. The van der Waals surface area contributed by atoms with E-state index in [1.807, 2.05) is 19.9 Å². The zero-order valence-corrected chi connectivity index (χ0v) is 14.6. The molecule has 1 saturated heterocycles. The number of rotatable bonds is 3. The van der Waals surface area contributed by atoms with E-state index >= 15 is 0 Å². The fraction of sp³-hybridized carbons (Fsp3) is 0.300. The fourth-order valence-corrected chi connectivity index (χ4v) is 3.24. The van der Waals surface area contributed by atoms with Crippen molar-refractivity contribution in [2.24, 2.45) is 0 Å². The topological polar surface area (TPSA) is 51.2 Å². The molecule has 0 unspecified atom stereocenters. The van der Waals surface area contributed by atoms with Crippen LogP contribution in [0, 0.1) is 12.7 Å². The molecular formula is C20H21FN2O2. The lowest BCUT2D eigenvalue weighted by Gasteiger charge is -2.20. The van der Waals surface area contributed by atoms with Gasteiger partial charge < -0.3 is 10.1 Å². The predicted molar refractivity (Wildman–Crippen MR) is 95.8 cm³/mol. The Kier molecular flexibility index (Phi) is 4.83. The van der Waals surface area contributed by atoms with Gasteiger partial charge in [0, 0.05) is 29.9 Å². The van der Waals surface area contributed by atoms with Crippen LogP contribution in [0.4, 0.5) is 4.39 Å². The fourth-order valence-electron chi connectivity index (χ4n) is 3.24. The first-order chi connectivity index (χ1) is 12.0. The maximum atomic E-state index is 14.3. The van der Waals surface area contributed by atoms with E-state index < -0.39 is 0 Å². The number of carbonyl (C=O) groups is 1. The van der Waals surface area contributed by atoms with Gasteiger partial charge in [-0.3, -0.25) is 4.79 Å². The Morgan fingerprint density at radius 2 is 2.12 bits per heavy atom. The van der Waals surface area contributed by atoms with E-state index in [9.17, 15) is 9.18 Å². The van der Waals surface area contributed by atoms with Crippen molar-refractivity contribution in [3.63, 3.8) is 0 Å². The third kappa shape index (κ3) is 3.40. The van der Waals surface area contributed by atoms with Crippen LogP contribution in [0.2, 0.25) is 0 Å². The Morgan fingerprint density at radius 1 is 1.32 bits per heavy atom. The lowest BCUT2D eigenvalue weighted by atomic mass is 9.89. The number of allylic oxidation sites excluding steroid dienone is 1. The first-order valence-corrected chi connectivity index (χ1v) is 8.30. The number of methoxy groups -OCH3 is 1. The lowest BCUT2D eigenvalue weighted by molar-refractivity contribution is -0.118. The summed E-state index contributed by atoms with van der Waals surface area (Å²) in [7, 11) is 1.55. The minimum atomic E-state index is -0.331. The highest BCUT2D eigenvalue weighted by Crippen LogP contribution is 2.33. The van der Waals surface area contributed by atoms with Gasteiger partial charge in [-0.05, 0) is 67.2 Å². The summed E-state index contributed by atoms with van der Waals surface area (Å²) in [4.78, 5) is 16.3. The van der Waals surface area contributed by atoms with Gasteiger partial charge in [0.2, 0.25) is 11.8 Å². The number of hydrogen-bond acceptors (Lipinski definition) is 3. The molecule has 1 aliphatic heterocycles. The molecule has 25 heavy (non-hydrogen) atoms. The standard InChI is InChI=1S/C20H21FN2O2/c1-12(16-5-4-8-22-20(16)24)17-9-15(21)10-18(13(17)2)14-6-7-19(25-3)23-11-14/h6-7,9-11H,4-5,8H2,1-3H3,(H,22,24)/b16-12+. The molecule has 3 rings (SSSR count). The summed E-state index contributed by atoms with van der Waals surface area (Å²) in [6.07, 6.45) is 3.29. The Hall–Kier alpha value is -2.69. The lowest BCUT2D eigenvalue weighted by Crippen LogP contribution is -2.31. The molecule has 1 N–H and O–H groups in total. The van der Waals surface area contributed by atoms with Crippen molar-refractivity contribution in [3.8, 4) is 17.0 Å². The number of ether oxygens (including phenoxy) is 1. The Labute approximate surface area is 146 Å². The zero-order chi connectivity index (χ0) is 18.0. The van der Waals surface area contributed by atoms with E-state index in [-0.39, 0.29) is 11.7 Å². The van der Waals surface area contributed by atoms with Gasteiger partial charge in [0.05, 0.1) is 7.11 Å². The molecule has 1 amide bonds. The summed E-state index contributed by atoms with van der Waals surface area (Å²) in [5, 5.41) is 2.86. The largest absolute Gasteiger partial charge is 0.481 e. The van der Waals surface area contributed by atoms with Gasteiger partial charge in [-0.2, -0.15) is 0 Å². The van der Waals surface area contributed by atoms with Crippen molar-refractivity contribution in [1.82, 2.24) is 10.3 Å². The number of halogens is 1. The van der Waals surface area contributed by atoms with E-state index in [1.54, 1.807) is 19.4 Å². The molecular weight excluding hydrogens is 319 g/mol. The van der Waals surface area contributed by atoms with Crippen LogP contribution in [0.25, 0.3) is 16.7 Å². The van der Waals surface area contributed by atoms with Crippen LogP contribution in [0.5, 0.6) is 5.88 Å². The third-order valence-electron chi connectivity index (χ3n) is 4.65. The maximum absolute atomic E-state index is 14.3. The molecule has 1 fully saturated rings. The summed E-state index contributed by atoms with van der Waals surface area (Å²) in [5.74, 6) is 0.123. The second-order valence-corrected chi connectivity index (χ2v) is 6.18. The highest BCUT2D eigenvalue weighted by Gasteiger charge is 2.20. The van der Waals surface area contributed by atoms with Gasteiger partial charge in [-0.1, -0.05) is 0 Å². The molecule has 0 bridgehead atoms. The number of hydrogen-bond donors (Lipinski definition) is 1. The second kappa shape index (κ2) is 7.05. The molecule has 2 aromatic rings. The van der Waals surface area contributed by atoms with Gasteiger partial charge in [0.1, 0.15) is 5.82 Å². The molecule has 0 aliphatic carbocycles. The van der Waals surface area contributed by atoms with E-state index in [4.69, 9.17) is 4.74 Å². The molecule has 0 spiro atoms. The number of amides is 1. The highest BCUT2D eigenvalue weighted by atomic mass is 19.1.